The van der Waals surface area contributed by atoms with Crippen LogP contribution in [-0.2, 0) is 24.3 Å². The second kappa shape index (κ2) is 5.21. The fourth-order valence-corrected chi connectivity index (χ4v) is 3.27. The zero-order valence-corrected chi connectivity index (χ0v) is 12.6. The lowest BCUT2D eigenvalue weighted by Crippen LogP contribution is -2.39. The van der Waals surface area contributed by atoms with Gasteiger partial charge in [0.1, 0.15) is 0 Å². The van der Waals surface area contributed by atoms with Gasteiger partial charge in [-0.05, 0) is 41.3 Å². The minimum Gasteiger partial charge on any atom is -0.351 e. The second-order valence-corrected chi connectivity index (χ2v) is 6.03. The van der Waals surface area contributed by atoms with E-state index in [4.69, 9.17) is 5.73 Å². The van der Waals surface area contributed by atoms with Crippen LogP contribution >= 0.6 is 0 Å². The Balaban J connectivity index is 1.72. The molecule has 0 radical (unpaired) electrons. The molecule has 5 heteroatoms. The third-order valence-corrected chi connectivity index (χ3v) is 4.53. The minimum absolute atomic E-state index is 0.00565. The van der Waals surface area contributed by atoms with Crippen LogP contribution in [0.5, 0.6) is 0 Å². The van der Waals surface area contributed by atoms with Crippen molar-refractivity contribution in [3.63, 3.8) is 0 Å². The Morgan fingerprint density at radius 3 is 2.61 bits per heavy atom. The Kier molecular flexibility index (Phi) is 3.16. The van der Waals surface area contributed by atoms with Gasteiger partial charge in [0, 0.05) is 17.8 Å². The number of amides is 2. The van der Waals surface area contributed by atoms with E-state index in [-0.39, 0.29) is 11.8 Å². The number of hydrogen-bond donors (Lipinski definition) is 2. The van der Waals surface area contributed by atoms with E-state index in [1.165, 1.54) is 0 Å². The number of benzene rings is 2. The maximum Gasteiger partial charge on any atom is 0.258 e. The van der Waals surface area contributed by atoms with Gasteiger partial charge in [0.25, 0.3) is 5.91 Å². The first-order valence-electron chi connectivity index (χ1n) is 7.68. The first-order chi connectivity index (χ1) is 11.1. The predicted octanol–water partition coefficient (Wildman–Crippen LogP) is 1.35. The summed E-state index contributed by atoms with van der Waals surface area (Å²) in [7, 11) is 0. The number of hydrogen-bond acceptors (Lipinski definition) is 3. The van der Waals surface area contributed by atoms with E-state index >= 15 is 0 Å². The van der Waals surface area contributed by atoms with E-state index in [2.05, 4.69) is 5.32 Å². The van der Waals surface area contributed by atoms with Crippen LogP contribution in [0.1, 0.15) is 27.0 Å². The lowest BCUT2D eigenvalue weighted by molar-refractivity contribution is -0.122. The van der Waals surface area contributed by atoms with Crippen LogP contribution in [0.4, 0.5) is 5.69 Å². The van der Waals surface area contributed by atoms with Gasteiger partial charge >= 0.3 is 0 Å². The van der Waals surface area contributed by atoms with E-state index in [0.29, 0.717) is 25.1 Å². The molecule has 0 fully saturated rings. The maximum atomic E-state index is 12.7. The van der Waals surface area contributed by atoms with Crippen LogP contribution in [0.2, 0.25) is 0 Å². The van der Waals surface area contributed by atoms with Crippen LogP contribution in [0, 0.1) is 0 Å². The minimum atomic E-state index is -0.559. The highest BCUT2D eigenvalue weighted by Crippen LogP contribution is 2.31. The van der Waals surface area contributed by atoms with Gasteiger partial charge in [-0.2, -0.15) is 0 Å². The molecule has 0 unspecified atom stereocenters. The number of carbonyl (C=O) groups is 2. The Morgan fingerprint density at radius 2 is 1.83 bits per heavy atom. The Bertz CT molecular complexity index is 801. The SMILES string of the molecule is N[C@H]1Cc2cc3c(cc2CNC1=O)CN(c1ccccc1)C3=O. The summed E-state index contributed by atoms with van der Waals surface area (Å²) in [6, 6.07) is 13.0. The average Bonchev–Trinajstić information content (AvgIpc) is 2.81. The van der Waals surface area contributed by atoms with E-state index < -0.39 is 6.04 Å². The number of anilines is 1. The van der Waals surface area contributed by atoms with Gasteiger partial charge in [0.2, 0.25) is 5.91 Å². The number of para-hydroxylation sites is 1. The van der Waals surface area contributed by atoms with Crippen molar-refractivity contribution >= 4 is 17.5 Å². The van der Waals surface area contributed by atoms with Crippen molar-refractivity contribution < 1.29 is 9.59 Å². The van der Waals surface area contributed by atoms with Gasteiger partial charge in [-0.15, -0.1) is 0 Å². The molecule has 2 aromatic carbocycles. The summed E-state index contributed by atoms with van der Waals surface area (Å²) in [5.41, 5.74) is 10.5. The normalized spacial score (nSPS) is 19.9. The predicted molar refractivity (Wildman–Crippen MR) is 86.9 cm³/mol. The molecule has 1 atom stereocenters. The molecule has 0 spiro atoms. The molecule has 0 saturated heterocycles. The van der Waals surface area contributed by atoms with Crippen molar-refractivity contribution in [2.75, 3.05) is 4.90 Å². The summed E-state index contributed by atoms with van der Waals surface area (Å²) in [5.74, 6) is -0.135. The zero-order chi connectivity index (χ0) is 16.0. The molecule has 2 aliphatic rings. The lowest BCUT2D eigenvalue weighted by Gasteiger charge is -2.15. The molecular weight excluding hydrogens is 290 g/mol. The van der Waals surface area contributed by atoms with Crippen LogP contribution in [-0.4, -0.2) is 17.9 Å². The standard InChI is InChI=1S/C18H17N3O2/c19-16-8-11-7-15-13(6-12(11)9-20-17(16)22)10-21(18(15)23)14-4-2-1-3-5-14/h1-7,16H,8-10,19H2,(H,20,22)/t16-/m0/s1. The molecule has 2 amide bonds. The van der Waals surface area contributed by atoms with Crippen LogP contribution in [0.15, 0.2) is 42.5 Å². The molecular formula is C18H17N3O2. The van der Waals surface area contributed by atoms with Gasteiger partial charge in [0.05, 0.1) is 12.6 Å². The first kappa shape index (κ1) is 14.0. The summed E-state index contributed by atoms with van der Waals surface area (Å²) in [4.78, 5) is 26.2. The highest BCUT2D eigenvalue weighted by molar-refractivity contribution is 6.10. The molecule has 0 saturated carbocycles. The summed E-state index contributed by atoms with van der Waals surface area (Å²) >= 11 is 0. The topological polar surface area (TPSA) is 75.4 Å². The Labute approximate surface area is 134 Å². The third kappa shape index (κ3) is 2.29. The number of rotatable bonds is 1. The fraction of sp³-hybridized carbons (Fsp3) is 0.222. The van der Waals surface area contributed by atoms with Crippen molar-refractivity contribution in [3.8, 4) is 0 Å². The van der Waals surface area contributed by atoms with Gasteiger partial charge in [-0.1, -0.05) is 24.3 Å². The monoisotopic (exact) mass is 307 g/mol. The Morgan fingerprint density at radius 1 is 1.04 bits per heavy atom. The molecule has 2 aliphatic heterocycles. The molecule has 0 aliphatic carbocycles. The van der Waals surface area contributed by atoms with Crippen LogP contribution < -0.4 is 16.0 Å². The summed E-state index contributed by atoms with van der Waals surface area (Å²) in [6.45, 7) is 1.03. The fourth-order valence-electron chi connectivity index (χ4n) is 3.27. The molecule has 2 heterocycles. The van der Waals surface area contributed by atoms with E-state index in [1.54, 1.807) is 4.90 Å². The molecule has 5 nitrogen and oxygen atoms in total. The van der Waals surface area contributed by atoms with Gasteiger partial charge in [-0.25, -0.2) is 0 Å². The van der Waals surface area contributed by atoms with E-state index in [9.17, 15) is 9.59 Å². The molecule has 23 heavy (non-hydrogen) atoms. The van der Waals surface area contributed by atoms with Crippen molar-refractivity contribution in [2.24, 2.45) is 5.73 Å². The van der Waals surface area contributed by atoms with Crippen molar-refractivity contribution in [3.05, 3.63) is 64.7 Å². The lowest BCUT2D eigenvalue weighted by atomic mass is 9.96. The van der Waals surface area contributed by atoms with Crippen molar-refractivity contribution in [2.45, 2.75) is 25.6 Å². The molecule has 0 aromatic heterocycles. The number of fused-ring (bicyclic) bond motifs is 2. The van der Waals surface area contributed by atoms with Crippen molar-refractivity contribution in [1.29, 1.82) is 0 Å². The highest BCUT2D eigenvalue weighted by atomic mass is 16.2. The zero-order valence-electron chi connectivity index (χ0n) is 12.6. The smallest absolute Gasteiger partial charge is 0.258 e. The molecule has 3 N–H and O–H groups in total. The third-order valence-electron chi connectivity index (χ3n) is 4.53. The number of nitrogens with two attached hydrogens (primary N) is 1. The molecule has 4 rings (SSSR count). The van der Waals surface area contributed by atoms with Crippen LogP contribution in [0.25, 0.3) is 0 Å². The van der Waals surface area contributed by atoms with Gasteiger partial charge < -0.3 is 16.0 Å². The number of nitrogens with zero attached hydrogens (tertiary/aromatic N) is 1. The van der Waals surface area contributed by atoms with E-state index in [0.717, 1.165) is 22.4 Å². The van der Waals surface area contributed by atoms with Gasteiger partial charge in [-0.3, -0.25) is 9.59 Å². The first-order valence-corrected chi connectivity index (χ1v) is 7.68. The second-order valence-electron chi connectivity index (χ2n) is 6.03. The van der Waals surface area contributed by atoms with Crippen molar-refractivity contribution in [1.82, 2.24) is 5.32 Å². The number of carbonyl (C=O) groups excluding carboxylic acids is 2. The molecule has 0 bridgehead atoms. The summed E-state index contributed by atoms with van der Waals surface area (Å²) in [5, 5.41) is 2.83. The average molecular weight is 307 g/mol. The van der Waals surface area contributed by atoms with Crippen LogP contribution in [0.3, 0.4) is 0 Å². The largest absolute Gasteiger partial charge is 0.351 e. The van der Waals surface area contributed by atoms with E-state index in [1.807, 2.05) is 42.5 Å². The summed E-state index contributed by atoms with van der Waals surface area (Å²) < 4.78 is 0. The molecule has 2 aromatic rings. The van der Waals surface area contributed by atoms with Gasteiger partial charge in [0.15, 0.2) is 0 Å². The quantitative estimate of drug-likeness (QED) is 0.835. The molecule has 116 valence electrons. The highest BCUT2D eigenvalue weighted by Gasteiger charge is 2.31. The Hall–Kier alpha value is -2.66. The maximum absolute atomic E-state index is 12.7. The number of nitrogens with one attached hydrogen (secondary N) is 1. The summed E-state index contributed by atoms with van der Waals surface area (Å²) in [6.07, 6.45) is 0.465.